The highest BCUT2D eigenvalue weighted by Crippen LogP contribution is 2.09. The van der Waals surface area contributed by atoms with Crippen LogP contribution in [-0.4, -0.2) is 41.3 Å². The SMILES string of the molecule is CC(C)(C)OC(=O)N[C@@H](CCc1ccccc1)C(=O)NCCCCCC(=O)O. The van der Waals surface area contributed by atoms with E-state index in [1.54, 1.807) is 20.8 Å². The number of hydrogen-bond donors (Lipinski definition) is 3. The first-order chi connectivity index (χ1) is 13.2. The molecule has 3 N–H and O–H groups in total. The predicted molar refractivity (Wildman–Crippen MR) is 107 cm³/mol. The fraction of sp³-hybridized carbons (Fsp3) is 0.571. The van der Waals surface area contributed by atoms with Gasteiger partial charge in [-0.15, -0.1) is 0 Å². The molecule has 0 radical (unpaired) electrons. The molecule has 7 nitrogen and oxygen atoms in total. The number of amides is 2. The van der Waals surface area contributed by atoms with Gasteiger partial charge in [0.25, 0.3) is 0 Å². The molecule has 2 amide bonds. The van der Waals surface area contributed by atoms with Crippen LogP contribution in [0.2, 0.25) is 0 Å². The lowest BCUT2D eigenvalue weighted by atomic mass is 10.0. The minimum Gasteiger partial charge on any atom is -0.481 e. The van der Waals surface area contributed by atoms with Crippen LogP contribution in [0, 0.1) is 0 Å². The second-order valence-electron chi connectivity index (χ2n) is 7.72. The van der Waals surface area contributed by atoms with Gasteiger partial charge in [-0.25, -0.2) is 4.79 Å². The van der Waals surface area contributed by atoms with Gasteiger partial charge in [-0.05, 0) is 52.0 Å². The van der Waals surface area contributed by atoms with E-state index in [1.807, 2.05) is 30.3 Å². The van der Waals surface area contributed by atoms with Crippen molar-refractivity contribution in [2.75, 3.05) is 6.54 Å². The minimum atomic E-state index is -0.813. The van der Waals surface area contributed by atoms with Crippen LogP contribution in [0.1, 0.15) is 58.4 Å². The summed E-state index contributed by atoms with van der Waals surface area (Å²) in [6.07, 6.45) is 2.60. The average Bonchev–Trinajstić information content (AvgIpc) is 2.60. The molecule has 0 aliphatic heterocycles. The van der Waals surface area contributed by atoms with Gasteiger partial charge in [-0.2, -0.15) is 0 Å². The second-order valence-corrected chi connectivity index (χ2v) is 7.72. The molecular formula is C21H32N2O5. The number of rotatable bonds is 11. The van der Waals surface area contributed by atoms with Crippen LogP contribution in [0.25, 0.3) is 0 Å². The zero-order chi connectivity index (χ0) is 21.0. The Labute approximate surface area is 166 Å². The number of carboxylic acid groups (broad SMARTS) is 1. The van der Waals surface area contributed by atoms with E-state index in [-0.39, 0.29) is 12.3 Å². The molecule has 0 fully saturated rings. The molecular weight excluding hydrogens is 360 g/mol. The summed E-state index contributed by atoms with van der Waals surface area (Å²) in [5.74, 6) is -1.08. The molecule has 1 aromatic rings. The van der Waals surface area contributed by atoms with E-state index < -0.39 is 23.7 Å². The maximum atomic E-state index is 12.5. The normalized spacial score (nSPS) is 12.1. The number of benzene rings is 1. The Morgan fingerprint density at radius 2 is 1.75 bits per heavy atom. The first-order valence-corrected chi connectivity index (χ1v) is 9.70. The first kappa shape index (κ1) is 23.5. The summed E-state index contributed by atoms with van der Waals surface area (Å²) in [5, 5.41) is 14.1. The lowest BCUT2D eigenvalue weighted by molar-refractivity contribution is -0.137. The number of ether oxygens (including phenoxy) is 1. The van der Waals surface area contributed by atoms with Gasteiger partial charge < -0.3 is 20.5 Å². The van der Waals surface area contributed by atoms with Crippen LogP contribution in [0.5, 0.6) is 0 Å². The number of carboxylic acids is 1. The molecule has 0 saturated heterocycles. The smallest absolute Gasteiger partial charge is 0.408 e. The van der Waals surface area contributed by atoms with Gasteiger partial charge in [-0.1, -0.05) is 36.8 Å². The summed E-state index contributed by atoms with van der Waals surface area (Å²) in [4.78, 5) is 35.1. The van der Waals surface area contributed by atoms with Crippen molar-refractivity contribution in [3.63, 3.8) is 0 Å². The van der Waals surface area contributed by atoms with Crippen LogP contribution in [0.3, 0.4) is 0 Å². The number of carbonyl (C=O) groups is 3. The van der Waals surface area contributed by atoms with Crippen LogP contribution in [0.4, 0.5) is 4.79 Å². The van der Waals surface area contributed by atoms with Crippen molar-refractivity contribution in [2.24, 2.45) is 0 Å². The Morgan fingerprint density at radius 1 is 1.07 bits per heavy atom. The van der Waals surface area contributed by atoms with Gasteiger partial charge in [-0.3, -0.25) is 9.59 Å². The third-order valence-corrected chi connectivity index (χ3v) is 3.94. The van der Waals surface area contributed by atoms with E-state index in [2.05, 4.69) is 10.6 Å². The second kappa shape index (κ2) is 12.0. The van der Waals surface area contributed by atoms with E-state index in [0.29, 0.717) is 32.2 Å². The topological polar surface area (TPSA) is 105 Å². The summed E-state index contributed by atoms with van der Waals surface area (Å²) in [5.41, 5.74) is 0.439. The molecule has 1 aromatic carbocycles. The van der Waals surface area contributed by atoms with E-state index in [1.165, 1.54) is 0 Å². The summed E-state index contributed by atoms with van der Waals surface area (Å²) in [6, 6.07) is 9.05. The number of hydrogen-bond acceptors (Lipinski definition) is 4. The summed E-state index contributed by atoms with van der Waals surface area (Å²) in [6.45, 7) is 5.74. The highest BCUT2D eigenvalue weighted by atomic mass is 16.6. The first-order valence-electron chi connectivity index (χ1n) is 9.70. The van der Waals surface area contributed by atoms with E-state index in [4.69, 9.17) is 9.84 Å². The third kappa shape index (κ3) is 11.2. The van der Waals surface area contributed by atoms with Gasteiger partial charge in [0.15, 0.2) is 0 Å². The van der Waals surface area contributed by atoms with Crippen molar-refractivity contribution in [3.8, 4) is 0 Å². The Kier molecular flexibility index (Phi) is 10.1. The Balaban J connectivity index is 2.53. The molecule has 0 unspecified atom stereocenters. The fourth-order valence-corrected chi connectivity index (χ4v) is 2.59. The highest BCUT2D eigenvalue weighted by molar-refractivity contribution is 5.85. The van der Waals surface area contributed by atoms with Gasteiger partial charge >= 0.3 is 12.1 Å². The van der Waals surface area contributed by atoms with Crippen LogP contribution in [0.15, 0.2) is 30.3 Å². The Hall–Kier alpha value is -2.57. The zero-order valence-corrected chi connectivity index (χ0v) is 17.0. The van der Waals surface area contributed by atoms with Crippen molar-refractivity contribution in [3.05, 3.63) is 35.9 Å². The quantitative estimate of drug-likeness (QED) is 0.501. The van der Waals surface area contributed by atoms with Gasteiger partial charge in [0, 0.05) is 13.0 Å². The molecule has 1 atom stereocenters. The molecule has 0 saturated carbocycles. The number of alkyl carbamates (subject to hydrolysis) is 1. The largest absolute Gasteiger partial charge is 0.481 e. The Morgan fingerprint density at radius 3 is 2.36 bits per heavy atom. The van der Waals surface area contributed by atoms with Crippen molar-refractivity contribution >= 4 is 18.0 Å². The molecule has 7 heteroatoms. The van der Waals surface area contributed by atoms with Crippen LogP contribution in [-0.2, 0) is 20.7 Å². The summed E-state index contributed by atoms with van der Waals surface area (Å²) >= 11 is 0. The van der Waals surface area contributed by atoms with E-state index >= 15 is 0 Å². The maximum Gasteiger partial charge on any atom is 0.408 e. The van der Waals surface area contributed by atoms with Gasteiger partial charge in [0.05, 0.1) is 0 Å². The third-order valence-electron chi connectivity index (χ3n) is 3.94. The molecule has 0 heterocycles. The molecule has 0 aliphatic carbocycles. The molecule has 1 rings (SSSR count). The zero-order valence-electron chi connectivity index (χ0n) is 17.0. The fourth-order valence-electron chi connectivity index (χ4n) is 2.59. The van der Waals surface area contributed by atoms with Crippen molar-refractivity contribution in [2.45, 2.75) is 70.9 Å². The van der Waals surface area contributed by atoms with Crippen LogP contribution >= 0.6 is 0 Å². The van der Waals surface area contributed by atoms with Crippen molar-refractivity contribution < 1.29 is 24.2 Å². The molecule has 0 spiro atoms. The number of nitrogens with one attached hydrogen (secondary N) is 2. The van der Waals surface area contributed by atoms with Gasteiger partial charge in [0.1, 0.15) is 11.6 Å². The van der Waals surface area contributed by atoms with Crippen LogP contribution < -0.4 is 10.6 Å². The molecule has 0 aromatic heterocycles. The minimum absolute atomic E-state index is 0.133. The predicted octanol–water partition coefficient (Wildman–Crippen LogP) is 3.27. The standard InChI is InChI=1S/C21H32N2O5/c1-21(2,3)28-20(27)23-17(14-13-16-10-6-4-7-11-16)19(26)22-15-9-5-8-12-18(24)25/h4,6-7,10-11,17H,5,8-9,12-15H2,1-3H3,(H,22,26)(H,23,27)(H,24,25)/t17-/m0/s1. The molecule has 0 aliphatic rings. The van der Waals surface area contributed by atoms with Crippen molar-refractivity contribution in [1.29, 1.82) is 0 Å². The van der Waals surface area contributed by atoms with E-state index in [0.717, 1.165) is 12.0 Å². The average molecular weight is 392 g/mol. The monoisotopic (exact) mass is 392 g/mol. The number of unbranched alkanes of at least 4 members (excludes halogenated alkanes) is 2. The lowest BCUT2D eigenvalue weighted by Gasteiger charge is -2.23. The number of aliphatic carboxylic acids is 1. The highest BCUT2D eigenvalue weighted by Gasteiger charge is 2.24. The number of aryl methyl sites for hydroxylation is 1. The molecule has 28 heavy (non-hydrogen) atoms. The van der Waals surface area contributed by atoms with Gasteiger partial charge in [0.2, 0.25) is 5.91 Å². The molecule has 156 valence electrons. The van der Waals surface area contributed by atoms with Crippen molar-refractivity contribution in [1.82, 2.24) is 10.6 Å². The summed E-state index contributed by atoms with van der Waals surface area (Å²) < 4.78 is 5.26. The molecule has 0 bridgehead atoms. The Bertz CT molecular complexity index is 625. The lowest BCUT2D eigenvalue weighted by Crippen LogP contribution is -2.48. The summed E-state index contributed by atoms with van der Waals surface area (Å²) in [7, 11) is 0. The number of carbonyl (C=O) groups excluding carboxylic acids is 2. The van der Waals surface area contributed by atoms with E-state index in [9.17, 15) is 14.4 Å². The maximum absolute atomic E-state index is 12.5.